The van der Waals surface area contributed by atoms with Crippen LogP contribution in [0.15, 0.2) is 0 Å². The lowest BCUT2D eigenvalue weighted by atomic mass is 10.1. The summed E-state index contributed by atoms with van der Waals surface area (Å²) in [6.07, 6.45) is 4.96. The highest BCUT2D eigenvalue weighted by Gasteiger charge is 1.99. The van der Waals surface area contributed by atoms with Crippen molar-refractivity contribution < 1.29 is 0 Å². The van der Waals surface area contributed by atoms with Crippen LogP contribution in [0, 0.1) is 11.8 Å². The molecule has 0 saturated carbocycles. The minimum absolute atomic E-state index is 0.670. The van der Waals surface area contributed by atoms with Crippen LogP contribution in [-0.2, 0) is 0 Å². The molecule has 0 amide bonds. The maximum atomic E-state index is 5.55. The van der Waals surface area contributed by atoms with E-state index in [-0.39, 0.29) is 0 Å². The molecule has 2 unspecified atom stereocenters. The van der Waals surface area contributed by atoms with Crippen molar-refractivity contribution in [3.8, 4) is 0 Å². The highest BCUT2D eigenvalue weighted by molar-refractivity contribution is 4.57. The molecule has 0 aromatic heterocycles. The minimum Gasteiger partial charge on any atom is -0.330 e. The molecule has 0 aromatic carbocycles. The van der Waals surface area contributed by atoms with Gasteiger partial charge in [-0.05, 0) is 63.7 Å². The van der Waals surface area contributed by atoms with Gasteiger partial charge in [0.1, 0.15) is 0 Å². The van der Waals surface area contributed by atoms with E-state index in [2.05, 4.69) is 19.2 Å². The second kappa shape index (κ2) is 10.4. The molecule has 2 atom stereocenters. The Labute approximate surface area is 95.0 Å². The normalized spacial score (nSPS) is 15.2. The lowest BCUT2D eigenvalue weighted by molar-refractivity contribution is 0.476. The molecule has 0 radical (unpaired) electrons. The van der Waals surface area contributed by atoms with Gasteiger partial charge in [0.25, 0.3) is 0 Å². The van der Waals surface area contributed by atoms with Crippen LogP contribution in [0.3, 0.4) is 0 Å². The fourth-order valence-corrected chi connectivity index (χ4v) is 1.51. The monoisotopic (exact) mass is 215 g/mol. The zero-order valence-corrected chi connectivity index (χ0v) is 10.5. The van der Waals surface area contributed by atoms with Crippen LogP contribution in [0.4, 0.5) is 0 Å². The Bertz CT molecular complexity index is 114. The van der Waals surface area contributed by atoms with E-state index in [1.165, 1.54) is 25.7 Å². The first-order chi connectivity index (χ1) is 7.20. The van der Waals surface area contributed by atoms with Gasteiger partial charge in [-0.15, -0.1) is 0 Å². The first-order valence-electron chi connectivity index (χ1n) is 6.31. The smallest absolute Gasteiger partial charge is 0.00488 e. The summed E-state index contributed by atoms with van der Waals surface area (Å²) in [5.74, 6) is 1.34. The zero-order valence-electron chi connectivity index (χ0n) is 10.5. The first-order valence-corrected chi connectivity index (χ1v) is 6.31. The van der Waals surface area contributed by atoms with Gasteiger partial charge in [-0.25, -0.2) is 0 Å². The van der Waals surface area contributed by atoms with Gasteiger partial charge in [0.05, 0.1) is 0 Å². The van der Waals surface area contributed by atoms with E-state index in [0.29, 0.717) is 11.8 Å². The summed E-state index contributed by atoms with van der Waals surface area (Å²) >= 11 is 0. The Morgan fingerprint density at radius 3 is 1.60 bits per heavy atom. The summed E-state index contributed by atoms with van der Waals surface area (Å²) in [6, 6.07) is 0. The molecule has 0 bridgehead atoms. The first kappa shape index (κ1) is 14.9. The molecule has 0 heterocycles. The molecule has 15 heavy (non-hydrogen) atoms. The van der Waals surface area contributed by atoms with Crippen molar-refractivity contribution in [1.82, 2.24) is 5.32 Å². The Morgan fingerprint density at radius 1 is 0.867 bits per heavy atom. The fourth-order valence-electron chi connectivity index (χ4n) is 1.51. The van der Waals surface area contributed by atoms with E-state index >= 15 is 0 Å². The van der Waals surface area contributed by atoms with Crippen molar-refractivity contribution in [2.24, 2.45) is 23.3 Å². The third kappa shape index (κ3) is 10.2. The number of nitrogens with two attached hydrogens (primary N) is 2. The van der Waals surface area contributed by atoms with Gasteiger partial charge in [-0.2, -0.15) is 0 Å². The lowest BCUT2D eigenvalue weighted by Gasteiger charge is -2.10. The average molecular weight is 215 g/mol. The van der Waals surface area contributed by atoms with Crippen LogP contribution in [0.25, 0.3) is 0 Å². The molecule has 0 rings (SSSR count). The predicted molar refractivity (Wildman–Crippen MR) is 67.8 cm³/mol. The van der Waals surface area contributed by atoms with Crippen molar-refractivity contribution in [1.29, 1.82) is 0 Å². The maximum absolute atomic E-state index is 5.55. The minimum atomic E-state index is 0.670. The van der Waals surface area contributed by atoms with Gasteiger partial charge in [0.2, 0.25) is 0 Å². The molecule has 5 N–H and O–H groups in total. The van der Waals surface area contributed by atoms with E-state index in [4.69, 9.17) is 11.5 Å². The largest absolute Gasteiger partial charge is 0.330 e. The molecule has 3 nitrogen and oxygen atoms in total. The topological polar surface area (TPSA) is 64.1 Å². The van der Waals surface area contributed by atoms with E-state index in [9.17, 15) is 0 Å². The van der Waals surface area contributed by atoms with Crippen LogP contribution in [0.2, 0.25) is 0 Å². The van der Waals surface area contributed by atoms with Crippen LogP contribution in [-0.4, -0.2) is 26.2 Å². The average Bonchev–Trinajstić information content (AvgIpc) is 2.26. The Balaban J connectivity index is 3.05. The van der Waals surface area contributed by atoms with Crippen LogP contribution >= 0.6 is 0 Å². The Hall–Kier alpha value is -0.120. The summed E-state index contributed by atoms with van der Waals surface area (Å²) < 4.78 is 0. The second-order valence-electron chi connectivity index (χ2n) is 4.72. The van der Waals surface area contributed by atoms with Crippen molar-refractivity contribution in [3.63, 3.8) is 0 Å². The van der Waals surface area contributed by atoms with E-state index in [1.54, 1.807) is 0 Å². The van der Waals surface area contributed by atoms with E-state index < -0.39 is 0 Å². The number of nitrogens with one attached hydrogen (secondary N) is 1. The fraction of sp³-hybridized carbons (Fsp3) is 1.00. The standard InChI is InChI=1S/C12H29N3/c1-11(9-13)5-3-7-15-8-4-6-12(2)10-14/h11-12,15H,3-10,13-14H2,1-2H3. The Morgan fingerprint density at radius 2 is 1.27 bits per heavy atom. The summed E-state index contributed by atoms with van der Waals surface area (Å²) in [5, 5.41) is 3.46. The molecule has 0 aromatic rings. The molecule has 0 saturated heterocycles. The van der Waals surface area contributed by atoms with Crippen LogP contribution in [0.5, 0.6) is 0 Å². The van der Waals surface area contributed by atoms with Gasteiger partial charge >= 0.3 is 0 Å². The molecule has 92 valence electrons. The van der Waals surface area contributed by atoms with Crippen molar-refractivity contribution in [3.05, 3.63) is 0 Å². The predicted octanol–water partition coefficient (Wildman–Crippen LogP) is 1.33. The number of hydrogen-bond donors (Lipinski definition) is 3. The van der Waals surface area contributed by atoms with Gasteiger partial charge < -0.3 is 16.8 Å². The highest BCUT2D eigenvalue weighted by Crippen LogP contribution is 2.03. The molecule has 3 heteroatoms. The third-order valence-corrected chi connectivity index (χ3v) is 2.91. The highest BCUT2D eigenvalue weighted by atomic mass is 14.8. The third-order valence-electron chi connectivity index (χ3n) is 2.91. The van der Waals surface area contributed by atoms with Gasteiger partial charge in [-0.1, -0.05) is 13.8 Å². The molecule has 0 aliphatic rings. The quantitative estimate of drug-likeness (QED) is 0.482. The molecule has 0 fully saturated rings. The number of rotatable bonds is 10. The van der Waals surface area contributed by atoms with Gasteiger partial charge in [0.15, 0.2) is 0 Å². The summed E-state index contributed by atoms with van der Waals surface area (Å²) in [7, 11) is 0. The number of hydrogen-bond acceptors (Lipinski definition) is 3. The van der Waals surface area contributed by atoms with Crippen LogP contribution in [0.1, 0.15) is 39.5 Å². The van der Waals surface area contributed by atoms with Crippen molar-refractivity contribution in [2.75, 3.05) is 26.2 Å². The van der Waals surface area contributed by atoms with Gasteiger partial charge in [0, 0.05) is 0 Å². The van der Waals surface area contributed by atoms with Crippen molar-refractivity contribution >= 4 is 0 Å². The van der Waals surface area contributed by atoms with Crippen LogP contribution < -0.4 is 16.8 Å². The summed E-state index contributed by atoms with van der Waals surface area (Å²) in [5.41, 5.74) is 11.1. The molecular weight excluding hydrogens is 186 g/mol. The second-order valence-corrected chi connectivity index (χ2v) is 4.72. The SMILES string of the molecule is CC(CN)CCCNCCCC(C)CN. The zero-order chi connectivity index (χ0) is 11.5. The Kier molecular flexibility index (Phi) is 10.3. The van der Waals surface area contributed by atoms with Crippen molar-refractivity contribution in [2.45, 2.75) is 39.5 Å². The molecule has 0 spiro atoms. The van der Waals surface area contributed by atoms with E-state index in [1.807, 2.05) is 0 Å². The molecular formula is C12H29N3. The molecule has 0 aliphatic carbocycles. The maximum Gasteiger partial charge on any atom is -0.00488 e. The van der Waals surface area contributed by atoms with Gasteiger partial charge in [-0.3, -0.25) is 0 Å². The summed E-state index contributed by atoms with van der Waals surface area (Å²) in [6.45, 7) is 8.30. The van der Waals surface area contributed by atoms with E-state index in [0.717, 1.165) is 26.2 Å². The summed E-state index contributed by atoms with van der Waals surface area (Å²) in [4.78, 5) is 0. The molecule has 0 aliphatic heterocycles. The lowest BCUT2D eigenvalue weighted by Crippen LogP contribution is -2.20.